The number of rotatable bonds is 7. The van der Waals surface area contributed by atoms with Crippen molar-refractivity contribution in [3.05, 3.63) is 29.8 Å². The summed E-state index contributed by atoms with van der Waals surface area (Å²) in [6.07, 6.45) is 2.09. The van der Waals surface area contributed by atoms with Crippen molar-refractivity contribution in [3.8, 4) is 0 Å². The molecule has 23 heavy (non-hydrogen) atoms. The lowest BCUT2D eigenvalue weighted by molar-refractivity contribution is -0.124. The van der Waals surface area contributed by atoms with E-state index in [4.69, 9.17) is 0 Å². The summed E-state index contributed by atoms with van der Waals surface area (Å²) in [4.78, 5) is 36.9. The van der Waals surface area contributed by atoms with Crippen LogP contribution in [0.2, 0.25) is 0 Å². The Morgan fingerprint density at radius 3 is 2.35 bits per heavy atom. The van der Waals surface area contributed by atoms with E-state index in [-0.39, 0.29) is 24.1 Å². The van der Waals surface area contributed by atoms with Crippen LogP contribution in [0.5, 0.6) is 0 Å². The Morgan fingerprint density at radius 2 is 1.83 bits per heavy atom. The van der Waals surface area contributed by atoms with E-state index in [1.807, 2.05) is 0 Å². The number of hydrogen-bond donors (Lipinski definition) is 2. The van der Waals surface area contributed by atoms with Gasteiger partial charge in [-0.05, 0) is 58.0 Å². The lowest BCUT2D eigenvalue weighted by atomic mass is 10.1. The van der Waals surface area contributed by atoms with E-state index in [2.05, 4.69) is 10.6 Å². The molecule has 2 N–H and O–H groups in total. The highest BCUT2D eigenvalue weighted by molar-refractivity contribution is 5.97. The van der Waals surface area contributed by atoms with Gasteiger partial charge >= 0.3 is 0 Å². The summed E-state index contributed by atoms with van der Waals surface area (Å²) in [5.74, 6) is -0.264. The maximum absolute atomic E-state index is 12.2. The third-order valence-electron chi connectivity index (χ3n) is 3.94. The zero-order chi connectivity index (χ0) is 17.0. The van der Waals surface area contributed by atoms with Gasteiger partial charge in [0, 0.05) is 17.3 Å². The van der Waals surface area contributed by atoms with Gasteiger partial charge < -0.3 is 10.6 Å². The van der Waals surface area contributed by atoms with Crippen molar-refractivity contribution >= 4 is 23.3 Å². The van der Waals surface area contributed by atoms with E-state index < -0.39 is 6.04 Å². The highest BCUT2D eigenvalue weighted by Crippen LogP contribution is 2.18. The molecule has 0 bridgehead atoms. The van der Waals surface area contributed by atoms with Crippen LogP contribution in [0.4, 0.5) is 5.69 Å². The maximum Gasteiger partial charge on any atom is 0.241 e. The van der Waals surface area contributed by atoms with Gasteiger partial charge in [0.05, 0.1) is 12.6 Å². The van der Waals surface area contributed by atoms with Crippen LogP contribution in [0.15, 0.2) is 24.3 Å². The molecule has 0 unspecified atom stereocenters. The van der Waals surface area contributed by atoms with E-state index in [0.29, 0.717) is 17.3 Å². The number of benzene rings is 1. The molecule has 2 rings (SSSR count). The van der Waals surface area contributed by atoms with Gasteiger partial charge in [-0.3, -0.25) is 19.3 Å². The van der Waals surface area contributed by atoms with E-state index in [9.17, 15) is 14.4 Å². The van der Waals surface area contributed by atoms with Gasteiger partial charge in [-0.2, -0.15) is 0 Å². The summed E-state index contributed by atoms with van der Waals surface area (Å²) >= 11 is 0. The molecular weight excluding hydrogens is 294 g/mol. The minimum Gasteiger partial charge on any atom is -0.352 e. The number of nitrogens with one attached hydrogen (secondary N) is 2. The molecule has 1 saturated carbocycles. The van der Waals surface area contributed by atoms with Gasteiger partial charge in [0.1, 0.15) is 0 Å². The van der Waals surface area contributed by atoms with Crippen LogP contribution in [0, 0.1) is 0 Å². The predicted molar refractivity (Wildman–Crippen MR) is 88.3 cm³/mol. The molecule has 1 aromatic carbocycles. The van der Waals surface area contributed by atoms with Crippen LogP contribution >= 0.6 is 0 Å². The molecule has 0 heterocycles. The Labute approximate surface area is 136 Å². The number of anilines is 1. The van der Waals surface area contributed by atoms with Crippen LogP contribution in [0.3, 0.4) is 0 Å². The number of likely N-dealkylation sites (N-methyl/N-ethyl adjacent to an activating group) is 1. The maximum atomic E-state index is 12.2. The van der Waals surface area contributed by atoms with Crippen molar-refractivity contribution in [2.45, 2.75) is 38.8 Å². The fourth-order valence-corrected chi connectivity index (χ4v) is 2.10. The zero-order valence-electron chi connectivity index (χ0n) is 13.8. The molecular formula is C17H23N3O3. The van der Waals surface area contributed by atoms with E-state index in [0.717, 1.165) is 12.8 Å². The molecule has 1 atom stereocenters. The van der Waals surface area contributed by atoms with E-state index in [1.54, 1.807) is 43.1 Å². The fraction of sp³-hybridized carbons (Fsp3) is 0.471. The molecule has 1 aromatic rings. The molecule has 1 aliphatic carbocycles. The minimum absolute atomic E-state index is 0.0161. The molecule has 124 valence electrons. The number of hydrogen-bond acceptors (Lipinski definition) is 4. The van der Waals surface area contributed by atoms with E-state index in [1.165, 1.54) is 6.92 Å². The molecule has 0 aromatic heterocycles. The van der Waals surface area contributed by atoms with Crippen LogP contribution < -0.4 is 10.6 Å². The van der Waals surface area contributed by atoms with Gasteiger partial charge in [-0.1, -0.05) is 0 Å². The molecule has 0 radical (unpaired) electrons. The van der Waals surface area contributed by atoms with Gasteiger partial charge in [-0.15, -0.1) is 0 Å². The molecule has 6 heteroatoms. The molecule has 1 aliphatic rings. The van der Waals surface area contributed by atoms with Crippen molar-refractivity contribution in [2.24, 2.45) is 0 Å². The van der Waals surface area contributed by atoms with Crippen molar-refractivity contribution in [1.82, 2.24) is 10.2 Å². The highest BCUT2D eigenvalue weighted by Gasteiger charge is 2.25. The standard InChI is InChI=1S/C17H23N3O3/c1-11(20(3)10-16(22)18-14-8-9-14)17(23)19-15-6-4-13(5-7-15)12(2)21/h4-7,11,14H,8-10H2,1-3H3,(H,18,22)(H,19,23)/t11-/m0/s1. The molecule has 0 aliphatic heterocycles. The van der Waals surface area contributed by atoms with Gasteiger partial charge in [0.25, 0.3) is 0 Å². The quantitative estimate of drug-likeness (QED) is 0.746. The summed E-state index contributed by atoms with van der Waals surface area (Å²) in [7, 11) is 1.75. The molecule has 2 amide bonds. The number of nitrogens with zero attached hydrogens (tertiary/aromatic N) is 1. The minimum atomic E-state index is -0.438. The first-order chi connectivity index (χ1) is 10.9. The Morgan fingerprint density at radius 1 is 1.22 bits per heavy atom. The second-order valence-corrected chi connectivity index (χ2v) is 6.06. The molecule has 0 spiro atoms. The first kappa shape index (κ1) is 17.1. The number of amides is 2. The summed E-state index contributed by atoms with van der Waals surface area (Å²) in [6.45, 7) is 3.44. The van der Waals surface area contributed by atoms with Crippen LogP contribution in [0.1, 0.15) is 37.0 Å². The molecule has 6 nitrogen and oxygen atoms in total. The number of carbonyl (C=O) groups excluding carboxylic acids is 3. The fourth-order valence-electron chi connectivity index (χ4n) is 2.10. The van der Waals surface area contributed by atoms with Crippen molar-refractivity contribution < 1.29 is 14.4 Å². The van der Waals surface area contributed by atoms with Crippen LogP contribution in [-0.2, 0) is 9.59 Å². The third kappa shape index (κ3) is 5.17. The number of ketones is 1. The first-order valence-corrected chi connectivity index (χ1v) is 7.78. The summed E-state index contributed by atoms with van der Waals surface area (Å²) in [5.41, 5.74) is 1.23. The Kier molecular flexibility index (Phi) is 5.50. The second kappa shape index (κ2) is 7.37. The average Bonchev–Trinajstić information content (AvgIpc) is 3.30. The van der Waals surface area contributed by atoms with Crippen molar-refractivity contribution in [2.75, 3.05) is 18.9 Å². The smallest absolute Gasteiger partial charge is 0.241 e. The average molecular weight is 317 g/mol. The SMILES string of the molecule is CC(=O)c1ccc(NC(=O)[C@H](C)N(C)CC(=O)NC2CC2)cc1. The number of Topliss-reactive ketones (excluding diaryl/α,β-unsaturated/α-hetero) is 1. The Balaban J connectivity index is 1.85. The lowest BCUT2D eigenvalue weighted by Crippen LogP contribution is -2.45. The summed E-state index contributed by atoms with van der Waals surface area (Å²) < 4.78 is 0. The Hall–Kier alpha value is -2.21. The van der Waals surface area contributed by atoms with Crippen molar-refractivity contribution in [3.63, 3.8) is 0 Å². The van der Waals surface area contributed by atoms with E-state index >= 15 is 0 Å². The van der Waals surface area contributed by atoms with Gasteiger partial charge in [-0.25, -0.2) is 0 Å². The topological polar surface area (TPSA) is 78.5 Å². The number of carbonyl (C=O) groups is 3. The van der Waals surface area contributed by atoms with Gasteiger partial charge in [0.2, 0.25) is 11.8 Å². The molecule has 1 fully saturated rings. The summed E-state index contributed by atoms with van der Waals surface area (Å²) in [6, 6.07) is 6.62. The first-order valence-electron chi connectivity index (χ1n) is 7.78. The highest BCUT2D eigenvalue weighted by atomic mass is 16.2. The Bertz CT molecular complexity index is 594. The zero-order valence-corrected chi connectivity index (χ0v) is 13.8. The normalized spacial score (nSPS) is 15.1. The second-order valence-electron chi connectivity index (χ2n) is 6.06. The largest absolute Gasteiger partial charge is 0.352 e. The van der Waals surface area contributed by atoms with Crippen molar-refractivity contribution in [1.29, 1.82) is 0 Å². The van der Waals surface area contributed by atoms with Crippen LogP contribution in [-0.4, -0.2) is 48.2 Å². The lowest BCUT2D eigenvalue weighted by Gasteiger charge is -2.23. The molecule has 0 saturated heterocycles. The van der Waals surface area contributed by atoms with Gasteiger partial charge in [0.15, 0.2) is 5.78 Å². The monoisotopic (exact) mass is 317 g/mol. The predicted octanol–water partition coefficient (Wildman–Crippen LogP) is 1.43. The van der Waals surface area contributed by atoms with Crippen LogP contribution in [0.25, 0.3) is 0 Å². The summed E-state index contributed by atoms with van der Waals surface area (Å²) in [5, 5.41) is 5.69. The third-order valence-corrected chi connectivity index (χ3v) is 3.94.